The molecule has 5 rings (SSSR count). The molecule has 0 bridgehead atoms. The molecule has 2 aliphatic heterocycles. The van der Waals surface area contributed by atoms with E-state index in [9.17, 15) is 18.0 Å². The van der Waals surface area contributed by atoms with Crippen molar-refractivity contribution >= 4 is 27.1 Å². The predicted molar refractivity (Wildman–Crippen MR) is 124 cm³/mol. The van der Waals surface area contributed by atoms with Gasteiger partial charge in [0.2, 0.25) is 16.8 Å². The van der Waals surface area contributed by atoms with E-state index in [1.165, 1.54) is 22.5 Å². The summed E-state index contributed by atoms with van der Waals surface area (Å²) in [5.74, 6) is 0.128. The predicted octanol–water partition coefficient (Wildman–Crippen LogP) is 1.39. The third kappa shape index (κ3) is 4.64. The molecule has 1 aromatic heterocycles. The summed E-state index contributed by atoms with van der Waals surface area (Å²) in [7, 11) is -3.79. The molecule has 186 valence electrons. The highest BCUT2D eigenvalue weighted by Crippen LogP contribution is 2.33. The summed E-state index contributed by atoms with van der Waals surface area (Å²) in [4.78, 5) is 26.2. The maximum Gasteiger partial charge on any atom is 0.420 e. The Kier molecular flexibility index (Phi) is 6.26. The normalized spacial score (nSPS) is 16.6. The summed E-state index contributed by atoms with van der Waals surface area (Å²) in [5, 5.41) is 0. The second kappa shape index (κ2) is 9.36. The van der Waals surface area contributed by atoms with Crippen molar-refractivity contribution in [2.45, 2.75) is 24.9 Å². The number of carbonyl (C=O) groups excluding carboxylic acids is 1. The van der Waals surface area contributed by atoms with Crippen LogP contribution in [0.5, 0.6) is 11.5 Å². The van der Waals surface area contributed by atoms with Crippen LogP contribution in [-0.4, -0.2) is 67.7 Å². The molecule has 35 heavy (non-hydrogen) atoms. The minimum Gasteiger partial charge on any atom is -0.465 e. The van der Waals surface area contributed by atoms with Gasteiger partial charge in [-0.05, 0) is 36.8 Å². The molecular weight excluding hydrogens is 478 g/mol. The second-order valence-electron chi connectivity index (χ2n) is 8.26. The quantitative estimate of drug-likeness (QED) is 0.441. The molecule has 0 radical (unpaired) electrons. The highest BCUT2D eigenvalue weighted by atomic mass is 32.2. The van der Waals surface area contributed by atoms with Crippen LogP contribution in [-0.2, 0) is 32.6 Å². The second-order valence-corrected chi connectivity index (χ2v) is 10.2. The van der Waals surface area contributed by atoms with Crippen LogP contribution in [0.4, 0.5) is 0 Å². The lowest BCUT2D eigenvalue weighted by Gasteiger charge is -2.34. The fourth-order valence-electron chi connectivity index (χ4n) is 4.27. The van der Waals surface area contributed by atoms with Gasteiger partial charge in [-0.1, -0.05) is 6.07 Å². The number of piperazine rings is 1. The Balaban J connectivity index is 1.27. The minimum absolute atomic E-state index is 0.0336. The number of hydrogen-bond acceptors (Lipinski definition) is 9. The van der Waals surface area contributed by atoms with Crippen molar-refractivity contribution in [1.29, 1.82) is 0 Å². The lowest BCUT2D eigenvalue weighted by molar-refractivity contribution is -0.143. The summed E-state index contributed by atoms with van der Waals surface area (Å²) < 4.78 is 49.9. The molecule has 0 N–H and O–H groups in total. The molecule has 0 atom stereocenters. The Morgan fingerprint density at radius 2 is 1.80 bits per heavy atom. The summed E-state index contributed by atoms with van der Waals surface area (Å²) in [6.45, 7) is 4.25. The van der Waals surface area contributed by atoms with E-state index in [2.05, 4.69) is 4.90 Å². The van der Waals surface area contributed by atoms with E-state index in [4.69, 9.17) is 18.6 Å². The van der Waals surface area contributed by atoms with Crippen molar-refractivity contribution in [3.63, 3.8) is 0 Å². The molecular formula is C23H25N3O8S. The topological polar surface area (TPSA) is 121 Å². The molecule has 2 aromatic carbocycles. The van der Waals surface area contributed by atoms with Crippen molar-refractivity contribution in [3.05, 3.63) is 52.5 Å². The number of hydrogen-bond donors (Lipinski definition) is 0. The van der Waals surface area contributed by atoms with Crippen molar-refractivity contribution in [2.24, 2.45) is 0 Å². The first-order valence-corrected chi connectivity index (χ1v) is 12.7. The highest BCUT2D eigenvalue weighted by Gasteiger charge is 2.29. The number of oxazole rings is 1. The first kappa shape index (κ1) is 23.4. The van der Waals surface area contributed by atoms with Gasteiger partial charge in [-0.2, -0.15) is 4.31 Å². The van der Waals surface area contributed by atoms with Crippen LogP contribution >= 0.6 is 0 Å². The fraction of sp³-hybridized carbons (Fsp3) is 0.391. The van der Waals surface area contributed by atoms with E-state index < -0.39 is 21.7 Å². The summed E-state index contributed by atoms with van der Waals surface area (Å²) >= 11 is 0. The van der Waals surface area contributed by atoms with Gasteiger partial charge in [0.15, 0.2) is 17.1 Å². The molecule has 12 heteroatoms. The SMILES string of the molecule is CCOC(=O)Cn1c(=O)oc2cc(S(=O)(=O)N3CCN(Cc4ccc5c(c4)OCO5)CC3)ccc21. The molecule has 1 fully saturated rings. The molecule has 0 unspecified atom stereocenters. The third-order valence-electron chi connectivity index (χ3n) is 6.04. The molecule has 2 aliphatic rings. The summed E-state index contributed by atoms with van der Waals surface area (Å²) in [5.41, 5.74) is 1.50. The first-order valence-electron chi connectivity index (χ1n) is 11.2. The summed E-state index contributed by atoms with van der Waals surface area (Å²) in [6, 6.07) is 10.0. The van der Waals surface area contributed by atoms with E-state index in [1.54, 1.807) is 6.92 Å². The maximum atomic E-state index is 13.3. The smallest absolute Gasteiger partial charge is 0.420 e. The number of nitrogens with zero attached hydrogens (tertiary/aromatic N) is 3. The lowest BCUT2D eigenvalue weighted by atomic mass is 10.2. The van der Waals surface area contributed by atoms with E-state index in [0.717, 1.165) is 21.6 Å². The van der Waals surface area contributed by atoms with Crippen molar-refractivity contribution in [3.8, 4) is 11.5 Å². The Morgan fingerprint density at radius 1 is 1.03 bits per heavy atom. The highest BCUT2D eigenvalue weighted by molar-refractivity contribution is 7.89. The van der Waals surface area contributed by atoms with E-state index >= 15 is 0 Å². The summed E-state index contributed by atoms with van der Waals surface area (Å²) in [6.07, 6.45) is 0. The molecule has 0 amide bonds. The zero-order chi connectivity index (χ0) is 24.6. The van der Waals surface area contributed by atoms with Crippen LogP contribution in [0.25, 0.3) is 11.1 Å². The molecule has 3 aromatic rings. The molecule has 1 saturated heterocycles. The van der Waals surface area contributed by atoms with E-state index in [-0.39, 0.29) is 30.4 Å². The lowest BCUT2D eigenvalue weighted by Crippen LogP contribution is -2.48. The van der Waals surface area contributed by atoms with Crippen LogP contribution in [0.3, 0.4) is 0 Å². The van der Waals surface area contributed by atoms with Crippen LogP contribution in [0.2, 0.25) is 0 Å². The Labute approximate surface area is 201 Å². The molecule has 0 aliphatic carbocycles. The largest absolute Gasteiger partial charge is 0.465 e. The van der Waals surface area contributed by atoms with Crippen LogP contribution in [0, 0.1) is 0 Å². The van der Waals surface area contributed by atoms with Crippen LogP contribution in [0.15, 0.2) is 50.5 Å². The molecule has 3 heterocycles. The number of sulfonamides is 1. The number of benzene rings is 2. The minimum atomic E-state index is -3.79. The number of ether oxygens (including phenoxy) is 3. The van der Waals surface area contributed by atoms with Gasteiger partial charge in [-0.3, -0.25) is 14.3 Å². The number of aromatic nitrogens is 1. The number of rotatable bonds is 7. The average molecular weight is 504 g/mol. The van der Waals surface area contributed by atoms with E-state index in [1.807, 2.05) is 18.2 Å². The van der Waals surface area contributed by atoms with Crippen LogP contribution in [0.1, 0.15) is 12.5 Å². The van der Waals surface area contributed by atoms with Gasteiger partial charge < -0.3 is 18.6 Å². The van der Waals surface area contributed by atoms with Gasteiger partial charge in [-0.25, -0.2) is 13.2 Å². The Morgan fingerprint density at radius 3 is 2.57 bits per heavy atom. The molecule has 0 spiro atoms. The van der Waals surface area contributed by atoms with Gasteiger partial charge in [-0.15, -0.1) is 0 Å². The van der Waals surface area contributed by atoms with Gasteiger partial charge in [0, 0.05) is 38.8 Å². The zero-order valence-corrected chi connectivity index (χ0v) is 20.0. The number of esters is 1. The van der Waals surface area contributed by atoms with Crippen molar-refractivity contribution in [1.82, 2.24) is 13.8 Å². The number of carbonyl (C=O) groups is 1. The third-order valence-corrected chi connectivity index (χ3v) is 7.94. The molecule has 11 nitrogen and oxygen atoms in total. The van der Waals surface area contributed by atoms with Crippen LogP contribution < -0.4 is 15.2 Å². The zero-order valence-electron chi connectivity index (χ0n) is 19.1. The maximum absolute atomic E-state index is 13.3. The first-order chi connectivity index (χ1) is 16.8. The van der Waals surface area contributed by atoms with Crippen molar-refractivity contribution in [2.75, 3.05) is 39.6 Å². The van der Waals surface area contributed by atoms with Crippen molar-refractivity contribution < 1.29 is 31.8 Å². The van der Waals surface area contributed by atoms with Gasteiger partial charge in [0.1, 0.15) is 6.54 Å². The Bertz CT molecular complexity index is 1420. The van der Waals surface area contributed by atoms with E-state index in [0.29, 0.717) is 38.2 Å². The number of fused-ring (bicyclic) bond motifs is 2. The average Bonchev–Trinajstić information content (AvgIpc) is 3.43. The monoisotopic (exact) mass is 503 g/mol. The Hall–Kier alpha value is -3.35. The van der Waals surface area contributed by atoms with Gasteiger partial charge >= 0.3 is 11.7 Å². The van der Waals surface area contributed by atoms with Gasteiger partial charge in [0.25, 0.3) is 0 Å². The standard InChI is InChI=1S/C23H25N3O8S/c1-2-31-22(27)14-26-18-5-4-17(12-20(18)34-23(26)28)35(29,30)25-9-7-24(8-10-25)13-16-3-6-19-21(11-16)33-15-32-19/h3-6,11-12H,2,7-10,13-15H2,1H3. The molecule has 0 saturated carbocycles. The fourth-order valence-corrected chi connectivity index (χ4v) is 5.71. The van der Waals surface area contributed by atoms with Gasteiger partial charge in [0.05, 0.1) is 17.0 Å².